The number of halogens is 3. The summed E-state index contributed by atoms with van der Waals surface area (Å²) in [5.74, 6) is 0.269. The van der Waals surface area contributed by atoms with E-state index >= 15 is 0 Å². The van der Waals surface area contributed by atoms with Gasteiger partial charge in [0.1, 0.15) is 0 Å². The van der Waals surface area contributed by atoms with Crippen LogP contribution in [0.3, 0.4) is 0 Å². The van der Waals surface area contributed by atoms with Gasteiger partial charge < -0.3 is 4.74 Å². The lowest BCUT2D eigenvalue weighted by atomic mass is 10.1. The topological polar surface area (TPSA) is 44.1 Å². The molecule has 4 nitrogen and oxygen atoms in total. The summed E-state index contributed by atoms with van der Waals surface area (Å²) in [7, 11) is 0. The summed E-state index contributed by atoms with van der Waals surface area (Å²) < 4.78 is 46.1. The fourth-order valence-electron chi connectivity index (χ4n) is 2.93. The van der Waals surface area contributed by atoms with Gasteiger partial charge >= 0.3 is 6.18 Å². The molecule has 7 heteroatoms. The number of nitrogens with zero attached hydrogens (tertiary/aromatic N) is 2. The minimum atomic E-state index is -4.46. The first-order valence-electron chi connectivity index (χ1n) is 7.30. The molecule has 1 aliphatic heterocycles. The summed E-state index contributed by atoms with van der Waals surface area (Å²) in [5.41, 5.74) is 0.0467. The van der Waals surface area contributed by atoms with Crippen molar-refractivity contribution in [1.29, 1.82) is 0 Å². The van der Waals surface area contributed by atoms with Crippen LogP contribution in [0.2, 0.25) is 0 Å². The first kappa shape index (κ1) is 14.7. The van der Waals surface area contributed by atoms with Gasteiger partial charge in [0.2, 0.25) is 5.88 Å². The second-order valence-electron chi connectivity index (χ2n) is 5.47. The summed E-state index contributed by atoms with van der Waals surface area (Å²) in [6.07, 6.45) is -2.53. The molecule has 0 saturated carbocycles. The molecule has 0 amide bonds. The molecule has 2 aromatic heterocycles. The molecule has 24 heavy (non-hydrogen) atoms. The standard InChI is InChI=1S/C17H11F3N2O2/c18-17(19,20)10-3-1-4-11(9-10)22-15-12(5-2-7-21-15)14(23)13-6-8-24-16(13)22/h1-5,7,9H,6,8H2. The number of pyridine rings is 2. The summed E-state index contributed by atoms with van der Waals surface area (Å²) >= 11 is 0. The largest absolute Gasteiger partial charge is 0.478 e. The highest BCUT2D eigenvalue weighted by Gasteiger charge is 2.31. The normalized spacial score (nSPS) is 13.8. The molecule has 0 unspecified atom stereocenters. The van der Waals surface area contributed by atoms with Crippen LogP contribution in [-0.2, 0) is 12.6 Å². The fourth-order valence-corrected chi connectivity index (χ4v) is 2.93. The SMILES string of the molecule is O=c1c2c(n(-c3cccc(C(F)(F)F)c3)c3ncccc13)OCC2. The van der Waals surface area contributed by atoms with Crippen LogP contribution in [-0.4, -0.2) is 16.2 Å². The maximum Gasteiger partial charge on any atom is 0.416 e. The van der Waals surface area contributed by atoms with Crippen molar-refractivity contribution in [2.24, 2.45) is 0 Å². The molecular formula is C17H11F3N2O2. The first-order chi connectivity index (χ1) is 11.5. The van der Waals surface area contributed by atoms with E-state index in [1.54, 1.807) is 12.1 Å². The van der Waals surface area contributed by atoms with Crippen LogP contribution in [0.25, 0.3) is 16.7 Å². The van der Waals surface area contributed by atoms with E-state index in [0.29, 0.717) is 24.0 Å². The molecule has 0 bridgehead atoms. The van der Waals surface area contributed by atoms with Gasteiger partial charge in [0.25, 0.3) is 0 Å². The van der Waals surface area contributed by atoms with E-state index in [0.717, 1.165) is 12.1 Å². The summed E-state index contributed by atoms with van der Waals surface area (Å²) in [6.45, 7) is 0.319. The summed E-state index contributed by atoms with van der Waals surface area (Å²) in [5, 5.41) is 0.360. The van der Waals surface area contributed by atoms with Gasteiger partial charge in [-0.3, -0.25) is 9.36 Å². The Balaban J connectivity index is 2.08. The predicted molar refractivity (Wildman–Crippen MR) is 81.5 cm³/mol. The van der Waals surface area contributed by atoms with Gasteiger partial charge in [0.15, 0.2) is 11.1 Å². The Kier molecular flexibility index (Phi) is 3.13. The van der Waals surface area contributed by atoms with Crippen molar-refractivity contribution in [3.05, 3.63) is 63.9 Å². The number of rotatable bonds is 1. The van der Waals surface area contributed by atoms with Gasteiger partial charge in [-0.05, 0) is 30.3 Å². The fraction of sp³-hybridized carbons (Fsp3) is 0.176. The molecule has 0 spiro atoms. The molecule has 0 fully saturated rings. The number of alkyl halides is 3. The molecule has 0 radical (unpaired) electrons. The summed E-state index contributed by atoms with van der Waals surface area (Å²) in [6, 6.07) is 8.14. The van der Waals surface area contributed by atoms with Crippen LogP contribution in [0, 0.1) is 0 Å². The van der Waals surface area contributed by atoms with Gasteiger partial charge in [0.05, 0.1) is 28.8 Å². The first-order valence-corrected chi connectivity index (χ1v) is 7.30. The van der Waals surface area contributed by atoms with Crippen molar-refractivity contribution in [3.8, 4) is 11.6 Å². The number of fused-ring (bicyclic) bond motifs is 2. The smallest absolute Gasteiger partial charge is 0.416 e. The van der Waals surface area contributed by atoms with E-state index in [1.807, 2.05) is 0 Å². The minimum Gasteiger partial charge on any atom is -0.478 e. The van der Waals surface area contributed by atoms with E-state index < -0.39 is 11.7 Å². The van der Waals surface area contributed by atoms with Crippen molar-refractivity contribution < 1.29 is 17.9 Å². The predicted octanol–water partition coefficient (Wildman–Crippen LogP) is 3.34. The highest BCUT2D eigenvalue weighted by molar-refractivity contribution is 5.79. The van der Waals surface area contributed by atoms with Gasteiger partial charge in [-0.15, -0.1) is 0 Å². The van der Waals surface area contributed by atoms with Crippen molar-refractivity contribution in [2.45, 2.75) is 12.6 Å². The molecule has 0 saturated heterocycles. The van der Waals surface area contributed by atoms with Gasteiger partial charge in [-0.1, -0.05) is 6.07 Å². The van der Waals surface area contributed by atoms with E-state index in [-0.39, 0.29) is 22.6 Å². The minimum absolute atomic E-state index is 0.186. The van der Waals surface area contributed by atoms with E-state index in [4.69, 9.17) is 4.74 Å². The molecule has 0 N–H and O–H groups in total. The lowest BCUT2D eigenvalue weighted by molar-refractivity contribution is -0.137. The Bertz CT molecular complexity index is 1010. The van der Waals surface area contributed by atoms with Crippen LogP contribution in [0.5, 0.6) is 5.88 Å². The zero-order chi connectivity index (χ0) is 16.9. The third-order valence-corrected chi connectivity index (χ3v) is 4.00. The molecular weight excluding hydrogens is 321 g/mol. The average molecular weight is 332 g/mol. The molecule has 0 aliphatic carbocycles. The van der Waals surface area contributed by atoms with Gasteiger partial charge in [0, 0.05) is 12.6 Å². The maximum atomic E-state index is 13.0. The molecule has 3 heterocycles. The second kappa shape index (κ2) is 5.09. The van der Waals surface area contributed by atoms with E-state index in [1.165, 1.54) is 22.9 Å². The van der Waals surface area contributed by atoms with Crippen molar-refractivity contribution in [2.75, 3.05) is 6.61 Å². The van der Waals surface area contributed by atoms with E-state index in [9.17, 15) is 18.0 Å². The maximum absolute atomic E-state index is 13.0. The van der Waals surface area contributed by atoms with Gasteiger partial charge in [-0.25, -0.2) is 4.98 Å². The molecule has 1 aliphatic rings. The third kappa shape index (κ3) is 2.16. The Morgan fingerprint density at radius 1 is 1.17 bits per heavy atom. The third-order valence-electron chi connectivity index (χ3n) is 4.00. The quantitative estimate of drug-likeness (QED) is 0.686. The lowest BCUT2D eigenvalue weighted by Gasteiger charge is -2.16. The van der Waals surface area contributed by atoms with Crippen molar-refractivity contribution >= 4 is 11.0 Å². The Labute approximate surface area is 134 Å². The Hall–Kier alpha value is -2.83. The summed E-state index contributed by atoms with van der Waals surface area (Å²) in [4.78, 5) is 16.7. The van der Waals surface area contributed by atoms with E-state index in [2.05, 4.69) is 4.98 Å². The number of benzene rings is 1. The van der Waals surface area contributed by atoms with Crippen molar-refractivity contribution in [3.63, 3.8) is 0 Å². The molecule has 1 aromatic carbocycles. The zero-order valence-corrected chi connectivity index (χ0v) is 12.3. The lowest BCUT2D eigenvalue weighted by Crippen LogP contribution is -2.14. The molecule has 0 atom stereocenters. The highest BCUT2D eigenvalue weighted by atomic mass is 19.4. The number of ether oxygens (including phenoxy) is 1. The highest BCUT2D eigenvalue weighted by Crippen LogP contribution is 2.34. The second-order valence-corrected chi connectivity index (χ2v) is 5.47. The molecule has 4 rings (SSSR count). The zero-order valence-electron chi connectivity index (χ0n) is 12.3. The van der Waals surface area contributed by atoms with Crippen LogP contribution in [0.1, 0.15) is 11.1 Å². The molecule has 3 aromatic rings. The van der Waals surface area contributed by atoms with Crippen molar-refractivity contribution in [1.82, 2.24) is 9.55 Å². The number of aromatic nitrogens is 2. The molecule has 122 valence electrons. The monoisotopic (exact) mass is 332 g/mol. The number of hydrogen-bond donors (Lipinski definition) is 0. The van der Waals surface area contributed by atoms with Gasteiger partial charge in [-0.2, -0.15) is 13.2 Å². The van der Waals surface area contributed by atoms with Crippen LogP contribution >= 0.6 is 0 Å². The Morgan fingerprint density at radius 2 is 2.00 bits per heavy atom. The average Bonchev–Trinajstić information content (AvgIpc) is 3.04. The van der Waals surface area contributed by atoms with Crippen LogP contribution in [0.15, 0.2) is 47.4 Å². The Morgan fingerprint density at radius 3 is 2.79 bits per heavy atom. The number of hydrogen-bond acceptors (Lipinski definition) is 3. The van der Waals surface area contributed by atoms with Crippen LogP contribution < -0.4 is 10.2 Å². The van der Waals surface area contributed by atoms with Crippen LogP contribution in [0.4, 0.5) is 13.2 Å².